The minimum atomic E-state index is -0.217. The van der Waals surface area contributed by atoms with Crippen LogP contribution < -0.4 is 15.8 Å². The Morgan fingerprint density at radius 2 is 2.36 bits per heavy atom. The molecule has 1 aliphatic rings. The number of carbonyl (C=O) groups is 1. The maximum Gasteiger partial charge on any atom is 0.262 e. The fourth-order valence-electron chi connectivity index (χ4n) is 1.40. The first-order valence-electron chi connectivity index (χ1n) is 4.11. The Morgan fingerprint density at radius 3 is 3.07 bits per heavy atom. The molecule has 1 heterocycles. The molecular formula is C9H9ClN2O2. The highest BCUT2D eigenvalue weighted by atomic mass is 35.5. The molecule has 5 heteroatoms. The molecule has 14 heavy (non-hydrogen) atoms. The van der Waals surface area contributed by atoms with Crippen LogP contribution in [0.25, 0.3) is 0 Å². The van der Waals surface area contributed by atoms with Crippen LogP contribution in [0.1, 0.15) is 5.56 Å². The van der Waals surface area contributed by atoms with Crippen molar-refractivity contribution in [3.05, 3.63) is 16.7 Å². The van der Waals surface area contributed by atoms with Crippen LogP contribution in [0.4, 0.5) is 11.4 Å². The molecule has 1 amide bonds. The maximum atomic E-state index is 11.1. The molecule has 0 fully saturated rings. The van der Waals surface area contributed by atoms with Gasteiger partial charge in [0.15, 0.2) is 6.61 Å². The lowest BCUT2D eigenvalue weighted by molar-refractivity contribution is -0.118. The second-order valence-corrected chi connectivity index (χ2v) is 3.54. The zero-order chi connectivity index (χ0) is 10.3. The summed E-state index contributed by atoms with van der Waals surface area (Å²) < 4.78 is 5.25. The normalized spacial score (nSPS) is 14.3. The highest BCUT2D eigenvalue weighted by Crippen LogP contribution is 2.40. The molecule has 0 unspecified atom stereocenters. The Labute approximate surface area is 86.0 Å². The van der Waals surface area contributed by atoms with E-state index in [0.717, 1.165) is 5.56 Å². The van der Waals surface area contributed by atoms with E-state index < -0.39 is 0 Å². The molecule has 0 radical (unpaired) electrons. The lowest BCUT2D eigenvalue weighted by atomic mass is 10.1. The van der Waals surface area contributed by atoms with Crippen molar-refractivity contribution in [3.8, 4) is 5.75 Å². The SMILES string of the molecule is Cc1cc(Cl)c(N)c2c1OCC(=O)N2. The van der Waals surface area contributed by atoms with Gasteiger partial charge in [-0.2, -0.15) is 0 Å². The number of halogens is 1. The van der Waals surface area contributed by atoms with Gasteiger partial charge < -0.3 is 15.8 Å². The van der Waals surface area contributed by atoms with Crippen molar-refractivity contribution in [2.45, 2.75) is 6.92 Å². The molecule has 3 N–H and O–H groups in total. The molecule has 0 saturated carbocycles. The van der Waals surface area contributed by atoms with E-state index in [1.165, 1.54) is 0 Å². The number of nitrogens with two attached hydrogens (primary N) is 1. The smallest absolute Gasteiger partial charge is 0.262 e. The van der Waals surface area contributed by atoms with E-state index in [9.17, 15) is 4.79 Å². The molecule has 0 bridgehead atoms. The zero-order valence-corrected chi connectivity index (χ0v) is 8.31. The minimum absolute atomic E-state index is 0.0227. The van der Waals surface area contributed by atoms with Gasteiger partial charge in [0.2, 0.25) is 0 Å². The van der Waals surface area contributed by atoms with Crippen molar-refractivity contribution in [1.29, 1.82) is 0 Å². The van der Waals surface area contributed by atoms with E-state index >= 15 is 0 Å². The highest BCUT2D eigenvalue weighted by Gasteiger charge is 2.21. The molecule has 1 aromatic carbocycles. The fraction of sp³-hybridized carbons (Fsp3) is 0.222. The molecule has 0 aliphatic carbocycles. The molecule has 74 valence electrons. The zero-order valence-electron chi connectivity index (χ0n) is 7.56. The predicted molar refractivity (Wildman–Crippen MR) is 54.7 cm³/mol. The van der Waals surface area contributed by atoms with Crippen LogP contribution in [0.3, 0.4) is 0 Å². The Morgan fingerprint density at radius 1 is 1.64 bits per heavy atom. The minimum Gasteiger partial charge on any atom is -0.481 e. The fourth-order valence-corrected chi connectivity index (χ4v) is 1.65. The molecule has 0 spiro atoms. The van der Waals surface area contributed by atoms with Gasteiger partial charge in [-0.05, 0) is 18.6 Å². The predicted octanol–water partition coefficient (Wildman–Crippen LogP) is 1.56. The van der Waals surface area contributed by atoms with E-state index in [1.807, 2.05) is 6.92 Å². The van der Waals surface area contributed by atoms with Crippen LogP contribution in [0.2, 0.25) is 5.02 Å². The summed E-state index contributed by atoms with van der Waals surface area (Å²) in [7, 11) is 0. The molecular weight excluding hydrogens is 204 g/mol. The number of ether oxygens (including phenoxy) is 1. The Bertz CT molecular complexity index is 418. The van der Waals surface area contributed by atoms with E-state index in [2.05, 4.69) is 5.32 Å². The van der Waals surface area contributed by atoms with Gasteiger partial charge in [0.05, 0.1) is 10.7 Å². The summed E-state index contributed by atoms with van der Waals surface area (Å²) in [6.07, 6.45) is 0. The first kappa shape index (κ1) is 9.15. The topological polar surface area (TPSA) is 64.3 Å². The van der Waals surface area contributed by atoms with E-state index in [1.54, 1.807) is 6.07 Å². The van der Waals surface area contributed by atoms with Gasteiger partial charge in [-0.3, -0.25) is 4.79 Å². The number of amides is 1. The van der Waals surface area contributed by atoms with Crippen molar-refractivity contribution in [1.82, 2.24) is 0 Å². The van der Waals surface area contributed by atoms with Crippen molar-refractivity contribution in [2.24, 2.45) is 0 Å². The number of fused-ring (bicyclic) bond motifs is 1. The van der Waals surface area contributed by atoms with Gasteiger partial charge in [-0.25, -0.2) is 0 Å². The van der Waals surface area contributed by atoms with Gasteiger partial charge in [0.1, 0.15) is 11.4 Å². The van der Waals surface area contributed by atoms with E-state index in [4.69, 9.17) is 22.1 Å². The Kier molecular flexibility index (Phi) is 2.00. The number of anilines is 2. The summed E-state index contributed by atoms with van der Waals surface area (Å²) in [4.78, 5) is 11.1. The average Bonchev–Trinajstić information content (AvgIpc) is 2.14. The van der Waals surface area contributed by atoms with Crippen LogP contribution in [0.5, 0.6) is 5.75 Å². The molecule has 0 aromatic heterocycles. The first-order chi connectivity index (χ1) is 6.59. The number of nitrogen functional groups attached to an aromatic ring is 1. The average molecular weight is 213 g/mol. The lowest BCUT2D eigenvalue weighted by Crippen LogP contribution is -2.26. The number of hydrogen-bond donors (Lipinski definition) is 2. The number of benzene rings is 1. The van der Waals surface area contributed by atoms with Crippen molar-refractivity contribution in [3.63, 3.8) is 0 Å². The largest absolute Gasteiger partial charge is 0.481 e. The van der Waals surface area contributed by atoms with Crippen molar-refractivity contribution >= 4 is 28.9 Å². The third-order valence-electron chi connectivity index (χ3n) is 2.07. The molecule has 1 aromatic rings. The second kappa shape index (κ2) is 3.06. The molecule has 1 aliphatic heterocycles. The highest BCUT2D eigenvalue weighted by molar-refractivity contribution is 6.34. The Balaban J connectivity index is 2.63. The Hall–Kier alpha value is -1.42. The number of rotatable bonds is 0. The third kappa shape index (κ3) is 1.28. The van der Waals surface area contributed by atoms with Crippen LogP contribution in [-0.4, -0.2) is 12.5 Å². The third-order valence-corrected chi connectivity index (χ3v) is 2.38. The molecule has 0 atom stereocenters. The summed E-state index contributed by atoms with van der Waals surface area (Å²) in [5.74, 6) is 0.386. The van der Waals surface area contributed by atoms with Gasteiger partial charge in [0.25, 0.3) is 5.91 Å². The number of hydrogen-bond acceptors (Lipinski definition) is 3. The van der Waals surface area contributed by atoms with E-state index in [-0.39, 0.29) is 12.5 Å². The summed E-state index contributed by atoms with van der Waals surface area (Å²) in [6, 6.07) is 1.72. The number of nitrogens with one attached hydrogen (secondary N) is 1. The molecule has 2 rings (SSSR count). The lowest BCUT2D eigenvalue weighted by Gasteiger charge is -2.21. The van der Waals surface area contributed by atoms with Crippen LogP contribution in [0, 0.1) is 6.92 Å². The summed E-state index contributed by atoms with van der Waals surface area (Å²) in [6.45, 7) is 1.87. The van der Waals surface area contributed by atoms with Gasteiger partial charge >= 0.3 is 0 Å². The quantitative estimate of drug-likeness (QED) is 0.642. The van der Waals surface area contributed by atoms with Gasteiger partial charge in [-0.15, -0.1) is 0 Å². The monoisotopic (exact) mass is 212 g/mol. The standard InChI is InChI=1S/C9H9ClN2O2/c1-4-2-5(10)7(11)8-9(4)14-3-6(13)12-8/h2H,3,11H2,1H3,(H,12,13). The summed E-state index contributed by atoms with van der Waals surface area (Å²) in [5, 5.41) is 3.06. The number of aryl methyl sites for hydroxylation is 1. The van der Waals surface area contributed by atoms with Crippen molar-refractivity contribution < 1.29 is 9.53 Å². The number of carbonyl (C=O) groups excluding carboxylic acids is 1. The first-order valence-corrected chi connectivity index (χ1v) is 4.48. The summed E-state index contributed by atoms with van der Waals surface area (Å²) in [5.41, 5.74) is 7.39. The van der Waals surface area contributed by atoms with E-state index in [0.29, 0.717) is 22.1 Å². The van der Waals surface area contributed by atoms with Crippen LogP contribution in [-0.2, 0) is 4.79 Å². The second-order valence-electron chi connectivity index (χ2n) is 3.13. The van der Waals surface area contributed by atoms with Gasteiger partial charge in [0, 0.05) is 0 Å². The van der Waals surface area contributed by atoms with Crippen LogP contribution >= 0.6 is 11.6 Å². The van der Waals surface area contributed by atoms with Crippen molar-refractivity contribution in [2.75, 3.05) is 17.7 Å². The molecule has 4 nitrogen and oxygen atoms in total. The molecule has 0 saturated heterocycles. The van der Waals surface area contributed by atoms with Gasteiger partial charge in [-0.1, -0.05) is 11.6 Å². The van der Waals surface area contributed by atoms with Crippen LogP contribution in [0.15, 0.2) is 6.07 Å². The summed E-state index contributed by atoms with van der Waals surface area (Å²) >= 11 is 5.87. The maximum absolute atomic E-state index is 11.1.